The van der Waals surface area contributed by atoms with Gasteiger partial charge in [-0.1, -0.05) is 21.1 Å². The van der Waals surface area contributed by atoms with E-state index in [9.17, 15) is 9.18 Å². The van der Waals surface area contributed by atoms with Gasteiger partial charge < -0.3 is 4.52 Å². The molecule has 0 aliphatic carbocycles. The first-order chi connectivity index (χ1) is 11.1. The van der Waals surface area contributed by atoms with Gasteiger partial charge in [0.25, 0.3) is 5.91 Å². The summed E-state index contributed by atoms with van der Waals surface area (Å²) in [5, 5.41) is 3.76. The summed E-state index contributed by atoms with van der Waals surface area (Å²) < 4.78 is 19.1. The van der Waals surface area contributed by atoms with E-state index in [0.717, 1.165) is 0 Å². The van der Waals surface area contributed by atoms with Crippen LogP contribution >= 0.6 is 15.9 Å². The molecule has 0 aliphatic heterocycles. The normalized spacial score (nSPS) is 10.3. The van der Waals surface area contributed by atoms with Gasteiger partial charge in [-0.2, -0.15) is 4.98 Å². The number of anilines is 1. The van der Waals surface area contributed by atoms with Gasteiger partial charge in [0.05, 0.1) is 5.56 Å². The van der Waals surface area contributed by atoms with Crippen LogP contribution in [0.2, 0.25) is 0 Å². The maximum Gasteiger partial charge on any atom is 0.340 e. The SMILES string of the molecule is O=C(NNc1nc(-c2ccncc2)no1)c1cc(Br)ccc1F. The summed E-state index contributed by atoms with van der Waals surface area (Å²) in [6.07, 6.45) is 3.19. The lowest BCUT2D eigenvalue weighted by molar-refractivity contribution is 0.0957. The molecular weight excluding hydrogens is 369 g/mol. The van der Waals surface area contributed by atoms with Crippen LogP contribution < -0.4 is 10.9 Å². The first-order valence-electron chi connectivity index (χ1n) is 6.39. The van der Waals surface area contributed by atoms with Crippen molar-refractivity contribution in [3.05, 3.63) is 58.6 Å². The zero-order valence-corrected chi connectivity index (χ0v) is 13.0. The van der Waals surface area contributed by atoms with E-state index >= 15 is 0 Å². The molecule has 0 saturated heterocycles. The first kappa shape index (κ1) is 15.1. The fourth-order valence-corrected chi connectivity index (χ4v) is 2.10. The van der Waals surface area contributed by atoms with Crippen molar-refractivity contribution in [1.29, 1.82) is 0 Å². The average Bonchev–Trinajstić information content (AvgIpc) is 3.05. The molecule has 116 valence electrons. The number of nitrogens with one attached hydrogen (secondary N) is 2. The smallest absolute Gasteiger partial charge is 0.313 e. The number of hydrogen-bond donors (Lipinski definition) is 2. The van der Waals surface area contributed by atoms with Gasteiger partial charge in [-0.15, -0.1) is 0 Å². The number of carbonyl (C=O) groups is 1. The number of pyridine rings is 1. The van der Waals surface area contributed by atoms with E-state index in [-0.39, 0.29) is 11.6 Å². The number of rotatable bonds is 4. The second-order valence-corrected chi connectivity index (χ2v) is 5.28. The third-order valence-electron chi connectivity index (χ3n) is 2.82. The molecule has 0 unspecified atom stereocenters. The van der Waals surface area contributed by atoms with E-state index in [1.807, 2.05) is 0 Å². The zero-order chi connectivity index (χ0) is 16.2. The van der Waals surface area contributed by atoms with E-state index < -0.39 is 11.7 Å². The maximum atomic E-state index is 13.6. The average molecular weight is 378 g/mol. The van der Waals surface area contributed by atoms with Gasteiger partial charge >= 0.3 is 6.01 Å². The van der Waals surface area contributed by atoms with Crippen LogP contribution in [0.15, 0.2) is 51.7 Å². The molecule has 0 saturated carbocycles. The first-order valence-corrected chi connectivity index (χ1v) is 7.18. The molecule has 0 bridgehead atoms. The Morgan fingerprint density at radius 3 is 2.78 bits per heavy atom. The molecule has 7 nitrogen and oxygen atoms in total. The zero-order valence-electron chi connectivity index (χ0n) is 11.5. The quantitative estimate of drug-likeness (QED) is 0.679. The molecule has 2 aromatic heterocycles. The fourth-order valence-electron chi connectivity index (χ4n) is 1.74. The molecule has 0 fully saturated rings. The molecule has 3 aromatic rings. The van der Waals surface area contributed by atoms with E-state index in [2.05, 4.69) is 41.9 Å². The van der Waals surface area contributed by atoms with Crippen LogP contribution in [-0.4, -0.2) is 21.0 Å². The van der Waals surface area contributed by atoms with Crippen molar-refractivity contribution in [3.63, 3.8) is 0 Å². The molecule has 1 amide bonds. The summed E-state index contributed by atoms with van der Waals surface area (Å²) in [5.74, 6) is -0.985. The monoisotopic (exact) mass is 377 g/mol. The predicted octanol–water partition coefficient (Wildman–Crippen LogP) is 2.79. The lowest BCUT2D eigenvalue weighted by Crippen LogP contribution is -2.30. The lowest BCUT2D eigenvalue weighted by Gasteiger charge is -2.05. The van der Waals surface area contributed by atoms with Crippen LogP contribution in [0, 0.1) is 5.82 Å². The molecule has 0 spiro atoms. The van der Waals surface area contributed by atoms with Crippen LogP contribution in [0.5, 0.6) is 0 Å². The second-order valence-electron chi connectivity index (χ2n) is 4.36. The van der Waals surface area contributed by atoms with Crippen molar-refractivity contribution in [2.24, 2.45) is 0 Å². The van der Waals surface area contributed by atoms with Crippen molar-refractivity contribution in [1.82, 2.24) is 20.6 Å². The van der Waals surface area contributed by atoms with Gasteiger partial charge in [-0.05, 0) is 30.3 Å². The minimum Gasteiger partial charge on any atom is -0.313 e. The third kappa shape index (κ3) is 3.51. The lowest BCUT2D eigenvalue weighted by atomic mass is 10.2. The molecule has 3 rings (SSSR count). The molecule has 2 heterocycles. The number of aromatic nitrogens is 3. The van der Waals surface area contributed by atoms with Gasteiger partial charge in [-0.3, -0.25) is 15.2 Å². The van der Waals surface area contributed by atoms with Gasteiger partial charge in [-0.25, -0.2) is 9.82 Å². The van der Waals surface area contributed by atoms with Crippen LogP contribution in [0.1, 0.15) is 10.4 Å². The maximum absolute atomic E-state index is 13.6. The summed E-state index contributed by atoms with van der Waals surface area (Å²) in [5.41, 5.74) is 5.32. The number of amides is 1. The Morgan fingerprint density at radius 1 is 1.22 bits per heavy atom. The van der Waals surface area contributed by atoms with Crippen molar-refractivity contribution in [2.75, 3.05) is 5.43 Å². The van der Waals surface area contributed by atoms with Crippen molar-refractivity contribution in [3.8, 4) is 11.4 Å². The Bertz CT molecular complexity index is 840. The summed E-state index contributed by atoms with van der Waals surface area (Å²) in [6.45, 7) is 0. The molecule has 0 aliphatic rings. The summed E-state index contributed by atoms with van der Waals surface area (Å²) in [4.78, 5) is 19.9. The Hall–Kier alpha value is -2.81. The topological polar surface area (TPSA) is 92.9 Å². The summed E-state index contributed by atoms with van der Waals surface area (Å²) in [6, 6.07) is 7.45. The number of carbonyl (C=O) groups excluding carboxylic acids is 1. The largest absolute Gasteiger partial charge is 0.340 e. The van der Waals surface area contributed by atoms with Crippen LogP contribution in [-0.2, 0) is 0 Å². The van der Waals surface area contributed by atoms with E-state index in [1.165, 1.54) is 18.2 Å². The van der Waals surface area contributed by atoms with E-state index in [1.54, 1.807) is 24.5 Å². The molecule has 0 atom stereocenters. The molecular formula is C14H9BrFN5O2. The third-order valence-corrected chi connectivity index (χ3v) is 3.31. The highest BCUT2D eigenvalue weighted by Gasteiger charge is 2.14. The minimum atomic E-state index is -0.674. The minimum absolute atomic E-state index is 0.0273. The number of nitrogens with zero attached hydrogens (tertiary/aromatic N) is 3. The Labute approximate surface area is 138 Å². The van der Waals surface area contributed by atoms with Crippen LogP contribution in [0.4, 0.5) is 10.4 Å². The van der Waals surface area contributed by atoms with Crippen molar-refractivity contribution in [2.45, 2.75) is 0 Å². The number of hydrogen-bond acceptors (Lipinski definition) is 6. The van der Waals surface area contributed by atoms with Crippen molar-refractivity contribution < 1.29 is 13.7 Å². The Balaban J connectivity index is 1.68. The van der Waals surface area contributed by atoms with E-state index in [4.69, 9.17) is 4.52 Å². The van der Waals surface area contributed by atoms with E-state index in [0.29, 0.717) is 15.9 Å². The fraction of sp³-hybridized carbons (Fsp3) is 0. The molecule has 1 aromatic carbocycles. The standard InChI is InChI=1S/C14H9BrFN5O2/c15-9-1-2-11(16)10(7-9)13(22)19-20-14-18-12(21-23-14)8-3-5-17-6-4-8/h1-7H,(H,19,22)(H,18,20,21). The molecule has 9 heteroatoms. The van der Waals surface area contributed by atoms with Crippen LogP contribution in [0.3, 0.4) is 0 Å². The van der Waals surface area contributed by atoms with Gasteiger partial charge in [0.15, 0.2) is 0 Å². The van der Waals surface area contributed by atoms with Gasteiger partial charge in [0, 0.05) is 22.4 Å². The van der Waals surface area contributed by atoms with Crippen molar-refractivity contribution >= 4 is 27.9 Å². The van der Waals surface area contributed by atoms with Crippen LogP contribution in [0.25, 0.3) is 11.4 Å². The van der Waals surface area contributed by atoms with Gasteiger partial charge in [0.2, 0.25) is 5.82 Å². The highest BCUT2D eigenvalue weighted by atomic mass is 79.9. The highest BCUT2D eigenvalue weighted by molar-refractivity contribution is 9.10. The summed E-state index contributed by atoms with van der Waals surface area (Å²) >= 11 is 3.18. The number of benzene rings is 1. The molecule has 23 heavy (non-hydrogen) atoms. The molecule has 2 N–H and O–H groups in total. The second kappa shape index (κ2) is 6.53. The van der Waals surface area contributed by atoms with Gasteiger partial charge in [0.1, 0.15) is 5.82 Å². The Kier molecular flexibility index (Phi) is 4.29. The highest BCUT2D eigenvalue weighted by Crippen LogP contribution is 2.17. The summed E-state index contributed by atoms with van der Waals surface area (Å²) in [7, 11) is 0. The Morgan fingerprint density at radius 2 is 2.00 bits per heavy atom. The number of hydrazine groups is 1. The predicted molar refractivity (Wildman–Crippen MR) is 82.7 cm³/mol. The molecule has 0 radical (unpaired) electrons. The number of halogens is 2.